The zero-order valence-corrected chi connectivity index (χ0v) is 9.74. The van der Waals surface area contributed by atoms with Crippen LogP contribution in [-0.4, -0.2) is 22.4 Å². The average Bonchev–Trinajstić information content (AvgIpc) is 2.91. The van der Waals surface area contributed by atoms with Crippen LogP contribution in [0.2, 0.25) is 0 Å². The normalized spacial score (nSPS) is 10.7. The van der Waals surface area contributed by atoms with Crippen molar-refractivity contribution in [2.45, 2.75) is 6.42 Å². The van der Waals surface area contributed by atoms with Crippen LogP contribution in [0.15, 0.2) is 47.6 Å². The summed E-state index contributed by atoms with van der Waals surface area (Å²) in [6, 6.07) is 3.55. The van der Waals surface area contributed by atoms with Gasteiger partial charge in [0, 0.05) is 25.0 Å². The van der Waals surface area contributed by atoms with Crippen molar-refractivity contribution in [3.05, 3.63) is 54.5 Å². The van der Waals surface area contributed by atoms with Gasteiger partial charge >= 0.3 is 0 Å². The Bertz CT molecular complexity index is 506. The Balaban J connectivity index is 1.72. The summed E-state index contributed by atoms with van der Waals surface area (Å²) >= 11 is 0. The first-order valence-corrected chi connectivity index (χ1v) is 5.58. The smallest absolute Gasteiger partial charge is 0.244 e. The largest absolute Gasteiger partial charge is 0.465 e. The number of amides is 1. The van der Waals surface area contributed by atoms with Gasteiger partial charge in [-0.15, -0.1) is 0 Å². The summed E-state index contributed by atoms with van der Waals surface area (Å²) in [5, 5.41) is 2.77. The summed E-state index contributed by atoms with van der Waals surface area (Å²) in [6.45, 7) is 0.550. The molecule has 2 aromatic heterocycles. The van der Waals surface area contributed by atoms with E-state index in [1.54, 1.807) is 36.9 Å². The van der Waals surface area contributed by atoms with Crippen molar-refractivity contribution in [3.63, 3.8) is 0 Å². The van der Waals surface area contributed by atoms with E-state index in [1.165, 1.54) is 12.4 Å². The van der Waals surface area contributed by atoms with Gasteiger partial charge in [-0.05, 0) is 30.2 Å². The third-order valence-corrected chi connectivity index (χ3v) is 2.27. The van der Waals surface area contributed by atoms with E-state index >= 15 is 0 Å². The van der Waals surface area contributed by atoms with E-state index in [0.717, 1.165) is 5.56 Å². The predicted molar refractivity (Wildman–Crippen MR) is 66.5 cm³/mol. The summed E-state index contributed by atoms with van der Waals surface area (Å²) in [5.41, 5.74) is 0.993. The highest BCUT2D eigenvalue weighted by atomic mass is 16.3. The molecule has 0 atom stereocenters. The second-order valence-corrected chi connectivity index (χ2v) is 3.64. The number of hydrogen-bond donors (Lipinski definition) is 1. The Labute approximate surface area is 105 Å². The number of furan rings is 1. The summed E-state index contributed by atoms with van der Waals surface area (Å²) in [4.78, 5) is 19.3. The first kappa shape index (κ1) is 12.0. The fourth-order valence-electron chi connectivity index (χ4n) is 1.39. The van der Waals surface area contributed by atoms with E-state index < -0.39 is 0 Å². The lowest BCUT2D eigenvalue weighted by molar-refractivity contribution is -0.116. The maximum Gasteiger partial charge on any atom is 0.244 e. The topological polar surface area (TPSA) is 68.0 Å². The van der Waals surface area contributed by atoms with E-state index in [9.17, 15) is 4.79 Å². The summed E-state index contributed by atoms with van der Waals surface area (Å²) < 4.78 is 5.07. The molecule has 0 fully saturated rings. The highest BCUT2D eigenvalue weighted by Crippen LogP contribution is 2.01. The lowest BCUT2D eigenvalue weighted by atomic mass is 10.2. The third kappa shape index (κ3) is 3.86. The third-order valence-electron chi connectivity index (χ3n) is 2.27. The van der Waals surface area contributed by atoms with E-state index in [0.29, 0.717) is 18.7 Å². The van der Waals surface area contributed by atoms with E-state index in [-0.39, 0.29) is 5.91 Å². The number of aromatic nitrogens is 2. The van der Waals surface area contributed by atoms with Gasteiger partial charge in [-0.1, -0.05) is 0 Å². The molecule has 0 bridgehead atoms. The van der Waals surface area contributed by atoms with Crippen LogP contribution in [0.5, 0.6) is 0 Å². The van der Waals surface area contributed by atoms with E-state index in [2.05, 4.69) is 15.3 Å². The maximum atomic E-state index is 11.5. The maximum absolute atomic E-state index is 11.5. The molecule has 0 aliphatic heterocycles. The van der Waals surface area contributed by atoms with Gasteiger partial charge in [-0.2, -0.15) is 0 Å². The first-order valence-electron chi connectivity index (χ1n) is 5.58. The number of rotatable bonds is 5. The van der Waals surface area contributed by atoms with Crippen LogP contribution in [-0.2, 0) is 11.2 Å². The highest BCUT2D eigenvalue weighted by molar-refractivity contribution is 5.91. The van der Waals surface area contributed by atoms with Crippen LogP contribution in [0, 0.1) is 0 Å². The molecule has 5 nitrogen and oxygen atoms in total. The highest BCUT2D eigenvalue weighted by Gasteiger charge is 1.97. The molecule has 18 heavy (non-hydrogen) atoms. The van der Waals surface area contributed by atoms with Gasteiger partial charge in [0.05, 0.1) is 6.26 Å². The van der Waals surface area contributed by atoms with Crippen molar-refractivity contribution < 1.29 is 9.21 Å². The average molecular weight is 243 g/mol. The molecule has 1 amide bonds. The van der Waals surface area contributed by atoms with Crippen LogP contribution < -0.4 is 5.32 Å². The van der Waals surface area contributed by atoms with Crippen molar-refractivity contribution in [3.8, 4) is 0 Å². The molecule has 0 saturated carbocycles. The van der Waals surface area contributed by atoms with Crippen LogP contribution in [0.1, 0.15) is 11.3 Å². The number of nitrogens with zero attached hydrogens (tertiary/aromatic N) is 2. The summed E-state index contributed by atoms with van der Waals surface area (Å²) in [6.07, 6.45) is 10.3. The molecule has 0 aromatic carbocycles. The van der Waals surface area contributed by atoms with E-state index in [1.807, 2.05) is 0 Å². The fraction of sp³-hybridized carbons (Fsp3) is 0.154. The zero-order chi connectivity index (χ0) is 12.6. The second-order valence-electron chi connectivity index (χ2n) is 3.64. The Kier molecular flexibility index (Phi) is 4.24. The Hall–Kier alpha value is -2.43. The lowest BCUT2D eigenvalue weighted by Crippen LogP contribution is -2.23. The Morgan fingerprint density at radius 2 is 2.22 bits per heavy atom. The van der Waals surface area contributed by atoms with Gasteiger partial charge in [0.2, 0.25) is 5.91 Å². The second kappa shape index (κ2) is 6.34. The minimum atomic E-state index is -0.150. The van der Waals surface area contributed by atoms with Crippen molar-refractivity contribution in [2.24, 2.45) is 0 Å². The molecule has 92 valence electrons. The number of hydrogen-bond acceptors (Lipinski definition) is 4. The van der Waals surface area contributed by atoms with E-state index in [4.69, 9.17) is 4.42 Å². The molecule has 0 aliphatic carbocycles. The summed E-state index contributed by atoms with van der Waals surface area (Å²) in [7, 11) is 0. The predicted octanol–water partition coefficient (Wildman–Crippen LogP) is 1.44. The first-order chi connectivity index (χ1) is 8.84. The van der Waals surface area contributed by atoms with Crippen LogP contribution in [0.25, 0.3) is 6.08 Å². The molecule has 2 rings (SSSR count). The van der Waals surface area contributed by atoms with Crippen molar-refractivity contribution >= 4 is 12.0 Å². The molecule has 5 heteroatoms. The van der Waals surface area contributed by atoms with Gasteiger partial charge in [-0.25, -0.2) is 9.97 Å². The van der Waals surface area contributed by atoms with Crippen molar-refractivity contribution in [1.29, 1.82) is 0 Å². The van der Waals surface area contributed by atoms with Crippen molar-refractivity contribution in [2.75, 3.05) is 6.54 Å². The Morgan fingerprint density at radius 1 is 1.39 bits per heavy atom. The quantitative estimate of drug-likeness (QED) is 0.807. The number of nitrogens with one attached hydrogen (secondary N) is 1. The molecular weight excluding hydrogens is 230 g/mol. The molecule has 0 spiro atoms. The molecule has 1 N–H and O–H groups in total. The van der Waals surface area contributed by atoms with Gasteiger partial charge in [0.25, 0.3) is 0 Å². The summed E-state index contributed by atoms with van der Waals surface area (Å²) in [5.74, 6) is 0.504. The van der Waals surface area contributed by atoms with Gasteiger partial charge in [0.1, 0.15) is 12.1 Å². The van der Waals surface area contributed by atoms with Crippen LogP contribution in [0.4, 0.5) is 0 Å². The molecule has 2 heterocycles. The lowest BCUT2D eigenvalue weighted by Gasteiger charge is -2.01. The minimum Gasteiger partial charge on any atom is -0.465 e. The molecule has 0 unspecified atom stereocenters. The standard InChI is InChI=1S/C13H13N3O2/c17-13(4-3-12-2-1-7-18-12)16-6-5-11-8-14-10-15-9-11/h1-4,7-10H,5-6H2,(H,16,17). The van der Waals surface area contributed by atoms with Gasteiger partial charge in [0.15, 0.2) is 0 Å². The van der Waals surface area contributed by atoms with Crippen LogP contribution >= 0.6 is 0 Å². The fourth-order valence-corrected chi connectivity index (χ4v) is 1.39. The van der Waals surface area contributed by atoms with Crippen LogP contribution in [0.3, 0.4) is 0 Å². The van der Waals surface area contributed by atoms with Gasteiger partial charge in [-0.3, -0.25) is 4.79 Å². The molecule has 0 radical (unpaired) electrons. The molecule has 0 aliphatic rings. The number of carbonyl (C=O) groups is 1. The number of carbonyl (C=O) groups excluding carboxylic acids is 1. The Morgan fingerprint density at radius 3 is 2.94 bits per heavy atom. The van der Waals surface area contributed by atoms with Gasteiger partial charge < -0.3 is 9.73 Å². The minimum absolute atomic E-state index is 0.150. The SMILES string of the molecule is O=C(C=Cc1ccco1)NCCc1cncnc1. The molecule has 2 aromatic rings. The molecule has 0 saturated heterocycles. The monoisotopic (exact) mass is 243 g/mol. The zero-order valence-electron chi connectivity index (χ0n) is 9.74. The molecular formula is C13H13N3O2. The van der Waals surface area contributed by atoms with Crippen molar-refractivity contribution in [1.82, 2.24) is 15.3 Å².